The van der Waals surface area contributed by atoms with E-state index >= 15 is 0 Å². The third-order valence-corrected chi connectivity index (χ3v) is 4.79. The Morgan fingerprint density at radius 1 is 1.29 bits per heavy atom. The molecule has 0 spiro atoms. The second-order valence-electron chi connectivity index (χ2n) is 8.83. The SMILES string of the molecule is CC(C)[C@H](NC(=O)OC(C)(C)C)C(=O)N1C[C@H](O)C[C@H]1C(=O)OCC1CCN1. The Morgan fingerprint density at radius 3 is 2.43 bits per heavy atom. The molecule has 2 saturated heterocycles. The fraction of sp³-hybridized carbons (Fsp3) is 0.842. The minimum atomic E-state index is -0.872. The van der Waals surface area contributed by atoms with E-state index in [2.05, 4.69) is 10.6 Å². The summed E-state index contributed by atoms with van der Waals surface area (Å²) in [5.41, 5.74) is -0.694. The zero-order valence-electron chi connectivity index (χ0n) is 17.4. The maximum atomic E-state index is 13.1. The summed E-state index contributed by atoms with van der Waals surface area (Å²) in [4.78, 5) is 39.0. The molecule has 28 heavy (non-hydrogen) atoms. The summed E-state index contributed by atoms with van der Waals surface area (Å²) < 4.78 is 10.6. The average Bonchev–Trinajstić information content (AvgIpc) is 2.90. The minimum Gasteiger partial charge on any atom is -0.462 e. The van der Waals surface area contributed by atoms with Crippen LogP contribution in [0.2, 0.25) is 0 Å². The Labute approximate surface area is 166 Å². The summed E-state index contributed by atoms with van der Waals surface area (Å²) in [5.74, 6) is -1.19. The van der Waals surface area contributed by atoms with Gasteiger partial charge in [0.05, 0.1) is 6.10 Å². The van der Waals surface area contributed by atoms with Crippen LogP contribution in [0.3, 0.4) is 0 Å². The fourth-order valence-electron chi connectivity index (χ4n) is 3.18. The number of hydrogen-bond donors (Lipinski definition) is 3. The number of esters is 1. The maximum Gasteiger partial charge on any atom is 0.408 e. The van der Waals surface area contributed by atoms with Crippen LogP contribution in [-0.2, 0) is 19.1 Å². The van der Waals surface area contributed by atoms with E-state index in [1.807, 2.05) is 0 Å². The molecule has 2 fully saturated rings. The second-order valence-corrected chi connectivity index (χ2v) is 8.83. The molecule has 1 unspecified atom stereocenters. The number of amides is 2. The molecule has 0 aromatic heterocycles. The summed E-state index contributed by atoms with van der Waals surface area (Å²) in [6, 6.07) is -1.58. The summed E-state index contributed by atoms with van der Waals surface area (Å²) >= 11 is 0. The van der Waals surface area contributed by atoms with Gasteiger partial charge in [-0.3, -0.25) is 4.79 Å². The van der Waals surface area contributed by atoms with Crippen molar-refractivity contribution < 1.29 is 29.0 Å². The molecule has 0 aliphatic carbocycles. The van der Waals surface area contributed by atoms with Gasteiger partial charge < -0.3 is 30.1 Å². The molecule has 0 aromatic rings. The number of nitrogens with one attached hydrogen (secondary N) is 2. The number of nitrogens with zero attached hydrogens (tertiary/aromatic N) is 1. The van der Waals surface area contributed by atoms with Gasteiger partial charge >= 0.3 is 12.1 Å². The van der Waals surface area contributed by atoms with Crippen molar-refractivity contribution in [1.82, 2.24) is 15.5 Å². The molecule has 4 atom stereocenters. The van der Waals surface area contributed by atoms with Crippen molar-refractivity contribution in [2.75, 3.05) is 19.7 Å². The molecule has 0 radical (unpaired) electrons. The topological polar surface area (TPSA) is 117 Å². The first-order valence-electron chi connectivity index (χ1n) is 9.86. The van der Waals surface area contributed by atoms with Crippen LogP contribution in [0.1, 0.15) is 47.5 Å². The minimum absolute atomic E-state index is 0.0273. The molecule has 9 nitrogen and oxygen atoms in total. The Balaban J connectivity index is 2.03. The number of alkyl carbamates (subject to hydrolysis) is 1. The van der Waals surface area contributed by atoms with Crippen LogP contribution in [-0.4, -0.2) is 77.5 Å². The van der Waals surface area contributed by atoms with Crippen molar-refractivity contribution in [3.8, 4) is 0 Å². The molecule has 0 saturated carbocycles. The van der Waals surface area contributed by atoms with Crippen LogP contribution in [0, 0.1) is 5.92 Å². The number of carbonyl (C=O) groups is 3. The average molecular weight is 399 g/mol. The van der Waals surface area contributed by atoms with Crippen molar-refractivity contribution in [2.24, 2.45) is 5.92 Å². The lowest BCUT2D eigenvalue weighted by Crippen LogP contribution is -2.55. The highest BCUT2D eigenvalue weighted by Gasteiger charge is 2.43. The summed E-state index contributed by atoms with van der Waals surface area (Å²) in [6.45, 7) is 9.97. The van der Waals surface area contributed by atoms with Gasteiger partial charge in [0.25, 0.3) is 0 Å². The van der Waals surface area contributed by atoms with Crippen molar-refractivity contribution in [2.45, 2.75) is 77.3 Å². The van der Waals surface area contributed by atoms with Crippen LogP contribution in [0.25, 0.3) is 0 Å². The zero-order valence-corrected chi connectivity index (χ0v) is 17.4. The van der Waals surface area contributed by atoms with E-state index in [-0.39, 0.29) is 31.5 Å². The Bertz CT molecular complexity index is 585. The van der Waals surface area contributed by atoms with Crippen molar-refractivity contribution in [1.29, 1.82) is 0 Å². The van der Waals surface area contributed by atoms with Gasteiger partial charge in [0.1, 0.15) is 24.3 Å². The quantitative estimate of drug-likeness (QED) is 0.554. The van der Waals surface area contributed by atoms with Gasteiger partial charge in [-0.2, -0.15) is 0 Å². The summed E-state index contributed by atoms with van der Waals surface area (Å²) in [5, 5.41) is 15.8. The third kappa shape index (κ3) is 6.07. The molecule has 0 bridgehead atoms. The normalized spacial score (nSPS) is 25.8. The fourth-order valence-corrected chi connectivity index (χ4v) is 3.18. The Kier molecular flexibility index (Phi) is 7.28. The van der Waals surface area contributed by atoms with Crippen LogP contribution in [0.15, 0.2) is 0 Å². The van der Waals surface area contributed by atoms with E-state index in [0.29, 0.717) is 0 Å². The van der Waals surface area contributed by atoms with E-state index in [4.69, 9.17) is 9.47 Å². The van der Waals surface area contributed by atoms with Gasteiger partial charge in [0.2, 0.25) is 5.91 Å². The van der Waals surface area contributed by atoms with E-state index in [9.17, 15) is 19.5 Å². The largest absolute Gasteiger partial charge is 0.462 e. The van der Waals surface area contributed by atoms with E-state index < -0.39 is 41.8 Å². The zero-order chi connectivity index (χ0) is 21.1. The van der Waals surface area contributed by atoms with Gasteiger partial charge in [-0.05, 0) is 39.7 Å². The smallest absolute Gasteiger partial charge is 0.408 e. The number of rotatable bonds is 6. The standard InChI is InChI=1S/C19H33N3O6/c1-11(2)15(21-18(26)28-19(3,4)5)16(24)22-9-13(23)8-14(22)17(25)27-10-12-6-7-20-12/h11-15,20,23H,6-10H2,1-5H3,(H,21,26)/t12?,13-,14+,15+/m1/s1. The van der Waals surface area contributed by atoms with Gasteiger partial charge in [-0.25, -0.2) is 9.59 Å². The van der Waals surface area contributed by atoms with Crippen molar-refractivity contribution >= 4 is 18.0 Å². The molecular weight excluding hydrogens is 366 g/mol. The van der Waals surface area contributed by atoms with Crippen LogP contribution in [0.5, 0.6) is 0 Å². The second kappa shape index (κ2) is 9.09. The first-order chi connectivity index (χ1) is 13.0. The lowest BCUT2D eigenvalue weighted by atomic mass is 10.0. The third-order valence-electron chi connectivity index (χ3n) is 4.79. The van der Waals surface area contributed by atoms with Gasteiger partial charge in [-0.15, -0.1) is 0 Å². The van der Waals surface area contributed by atoms with E-state index in [0.717, 1.165) is 13.0 Å². The molecule has 0 aromatic carbocycles. The summed E-state index contributed by atoms with van der Waals surface area (Å²) in [6.07, 6.45) is -0.439. The number of hydrogen-bond acceptors (Lipinski definition) is 7. The molecule has 2 aliphatic rings. The number of β-amino-alcohol motifs (C(OH)–C–C–N with tert-alkyl or cyclic N) is 1. The molecule has 9 heteroatoms. The maximum absolute atomic E-state index is 13.1. The lowest BCUT2D eigenvalue weighted by Gasteiger charge is -2.31. The first-order valence-corrected chi connectivity index (χ1v) is 9.86. The van der Waals surface area contributed by atoms with Gasteiger partial charge in [-0.1, -0.05) is 13.8 Å². The van der Waals surface area contributed by atoms with E-state index in [1.54, 1.807) is 34.6 Å². The molecule has 2 amide bonds. The van der Waals surface area contributed by atoms with Crippen molar-refractivity contribution in [3.63, 3.8) is 0 Å². The van der Waals surface area contributed by atoms with Gasteiger partial charge in [0, 0.05) is 19.0 Å². The lowest BCUT2D eigenvalue weighted by molar-refractivity contribution is -0.155. The number of likely N-dealkylation sites (tertiary alicyclic amines) is 1. The Morgan fingerprint density at radius 2 is 1.93 bits per heavy atom. The van der Waals surface area contributed by atoms with Crippen LogP contribution < -0.4 is 10.6 Å². The number of carbonyl (C=O) groups excluding carboxylic acids is 3. The summed E-state index contributed by atoms with van der Waals surface area (Å²) in [7, 11) is 0. The number of aliphatic hydroxyl groups excluding tert-OH is 1. The van der Waals surface area contributed by atoms with Crippen LogP contribution in [0.4, 0.5) is 4.79 Å². The van der Waals surface area contributed by atoms with Crippen molar-refractivity contribution in [3.05, 3.63) is 0 Å². The highest BCUT2D eigenvalue weighted by atomic mass is 16.6. The Hall–Kier alpha value is -1.87. The van der Waals surface area contributed by atoms with Crippen LogP contribution >= 0.6 is 0 Å². The highest BCUT2D eigenvalue weighted by molar-refractivity contribution is 5.90. The van der Waals surface area contributed by atoms with E-state index in [1.165, 1.54) is 4.90 Å². The highest BCUT2D eigenvalue weighted by Crippen LogP contribution is 2.22. The molecule has 2 aliphatic heterocycles. The molecule has 160 valence electrons. The predicted molar refractivity (Wildman–Crippen MR) is 101 cm³/mol. The molecule has 2 rings (SSSR count). The molecular formula is C19H33N3O6. The predicted octanol–water partition coefficient (Wildman–Crippen LogP) is 0.403. The number of ether oxygens (including phenoxy) is 2. The first kappa shape index (κ1) is 22.4. The van der Waals surface area contributed by atoms with Gasteiger partial charge in [0.15, 0.2) is 0 Å². The molecule has 3 N–H and O–H groups in total. The molecule has 2 heterocycles. The number of aliphatic hydroxyl groups is 1. The monoisotopic (exact) mass is 399 g/mol.